The first kappa shape index (κ1) is 16.8. The Morgan fingerprint density at radius 2 is 2.05 bits per heavy atom. The van der Waals surface area contributed by atoms with E-state index in [0.29, 0.717) is 25.0 Å². The number of rotatable bonds is 8. The summed E-state index contributed by atoms with van der Waals surface area (Å²) < 4.78 is 34.0. The molecular formula is C13H16BrF2NO3. The summed E-state index contributed by atoms with van der Waals surface area (Å²) in [5, 5.41) is 0.584. The molecule has 1 amide bonds. The third kappa shape index (κ3) is 5.05. The van der Waals surface area contributed by atoms with Gasteiger partial charge in [0.25, 0.3) is 5.91 Å². The van der Waals surface area contributed by atoms with Crippen molar-refractivity contribution >= 4 is 21.8 Å². The molecule has 1 rings (SSSR count). The van der Waals surface area contributed by atoms with Crippen LogP contribution in [0.1, 0.15) is 10.4 Å². The Balaban J connectivity index is 2.92. The van der Waals surface area contributed by atoms with Gasteiger partial charge in [-0.3, -0.25) is 4.79 Å². The highest BCUT2D eigenvalue weighted by Crippen LogP contribution is 2.22. The summed E-state index contributed by atoms with van der Waals surface area (Å²) in [7, 11) is 1.53. The number of carbonyl (C=O) groups excluding carboxylic acids is 1. The molecule has 1 aromatic carbocycles. The molecule has 0 bridgehead atoms. The van der Waals surface area contributed by atoms with Crippen molar-refractivity contribution in [2.75, 3.05) is 32.1 Å². The van der Waals surface area contributed by atoms with Crippen LogP contribution in [0.2, 0.25) is 0 Å². The van der Waals surface area contributed by atoms with E-state index in [1.165, 1.54) is 24.1 Å². The molecule has 0 saturated carbocycles. The smallest absolute Gasteiger partial charge is 0.387 e. The number of halogens is 3. The summed E-state index contributed by atoms with van der Waals surface area (Å²) >= 11 is 3.26. The first-order valence-corrected chi connectivity index (χ1v) is 7.10. The van der Waals surface area contributed by atoms with Crippen LogP contribution in [0.3, 0.4) is 0 Å². The Bertz CT molecular complexity index is 432. The van der Waals surface area contributed by atoms with Crippen LogP contribution >= 0.6 is 15.9 Å². The van der Waals surface area contributed by atoms with Crippen molar-refractivity contribution in [3.05, 3.63) is 29.8 Å². The van der Waals surface area contributed by atoms with Crippen LogP contribution < -0.4 is 4.74 Å². The highest BCUT2D eigenvalue weighted by molar-refractivity contribution is 9.09. The molecule has 0 aliphatic rings. The van der Waals surface area contributed by atoms with E-state index in [0.717, 1.165) is 0 Å². The van der Waals surface area contributed by atoms with Gasteiger partial charge in [0.15, 0.2) is 0 Å². The molecule has 0 heterocycles. The molecule has 112 valence electrons. The maximum atomic E-state index is 12.4. The number of hydrogen-bond acceptors (Lipinski definition) is 3. The van der Waals surface area contributed by atoms with Crippen molar-refractivity contribution in [1.29, 1.82) is 0 Å². The Morgan fingerprint density at radius 1 is 1.35 bits per heavy atom. The van der Waals surface area contributed by atoms with Gasteiger partial charge in [0.1, 0.15) is 5.75 Å². The number of para-hydroxylation sites is 1. The molecule has 0 spiro atoms. The van der Waals surface area contributed by atoms with Gasteiger partial charge in [0.05, 0.1) is 12.2 Å². The van der Waals surface area contributed by atoms with Crippen molar-refractivity contribution in [3.63, 3.8) is 0 Å². The lowest BCUT2D eigenvalue weighted by Crippen LogP contribution is -2.35. The van der Waals surface area contributed by atoms with E-state index in [-0.39, 0.29) is 17.2 Å². The van der Waals surface area contributed by atoms with Crippen LogP contribution in [0.5, 0.6) is 5.75 Å². The van der Waals surface area contributed by atoms with Gasteiger partial charge in [-0.05, 0) is 12.1 Å². The molecule has 0 radical (unpaired) electrons. The van der Waals surface area contributed by atoms with Crippen LogP contribution in [0, 0.1) is 0 Å². The molecule has 0 atom stereocenters. The molecule has 4 nitrogen and oxygen atoms in total. The number of benzene rings is 1. The predicted octanol–water partition coefficient (Wildman–Crippen LogP) is 2.77. The van der Waals surface area contributed by atoms with E-state index in [1.54, 1.807) is 12.1 Å². The zero-order valence-corrected chi connectivity index (χ0v) is 12.6. The molecule has 0 unspecified atom stereocenters. The highest BCUT2D eigenvalue weighted by Gasteiger charge is 2.20. The lowest BCUT2D eigenvalue weighted by molar-refractivity contribution is -0.0502. The molecule has 0 fully saturated rings. The van der Waals surface area contributed by atoms with E-state index in [4.69, 9.17) is 4.74 Å². The van der Waals surface area contributed by atoms with Crippen molar-refractivity contribution in [2.45, 2.75) is 6.61 Å². The van der Waals surface area contributed by atoms with E-state index in [2.05, 4.69) is 20.7 Å². The molecule has 0 aliphatic carbocycles. The zero-order chi connectivity index (χ0) is 15.0. The number of methoxy groups -OCH3 is 1. The largest absolute Gasteiger partial charge is 0.434 e. The average molecular weight is 352 g/mol. The van der Waals surface area contributed by atoms with Gasteiger partial charge in [-0.1, -0.05) is 28.1 Å². The lowest BCUT2D eigenvalue weighted by Gasteiger charge is -2.22. The molecule has 0 aromatic heterocycles. The van der Waals surface area contributed by atoms with Crippen molar-refractivity contribution in [3.8, 4) is 5.75 Å². The molecule has 1 aromatic rings. The lowest BCUT2D eigenvalue weighted by atomic mass is 10.1. The summed E-state index contributed by atoms with van der Waals surface area (Å²) in [6.45, 7) is -1.77. The summed E-state index contributed by atoms with van der Waals surface area (Å²) in [6.07, 6.45) is 0. The number of ether oxygens (including phenoxy) is 2. The second-order valence-corrected chi connectivity index (χ2v) is 4.64. The molecule has 0 saturated heterocycles. The highest BCUT2D eigenvalue weighted by atomic mass is 79.9. The summed E-state index contributed by atoms with van der Waals surface area (Å²) in [5.41, 5.74) is 0.116. The van der Waals surface area contributed by atoms with Crippen LogP contribution in [0.25, 0.3) is 0 Å². The fraction of sp³-hybridized carbons (Fsp3) is 0.462. The number of hydrogen-bond donors (Lipinski definition) is 0. The van der Waals surface area contributed by atoms with Gasteiger partial charge in [0, 0.05) is 25.5 Å². The first-order valence-electron chi connectivity index (χ1n) is 5.98. The number of carbonyl (C=O) groups is 1. The summed E-state index contributed by atoms with van der Waals surface area (Å²) in [5.74, 6) is -0.484. The van der Waals surface area contributed by atoms with Crippen LogP contribution in [0.15, 0.2) is 24.3 Å². The Kier molecular flexibility index (Phi) is 7.46. The summed E-state index contributed by atoms with van der Waals surface area (Å²) in [6, 6.07) is 5.96. The third-order valence-corrected chi connectivity index (χ3v) is 2.90. The monoisotopic (exact) mass is 351 g/mol. The first-order chi connectivity index (χ1) is 9.60. The van der Waals surface area contributed by atoms with Gasteiger partial charge in [-0.25, -0.2) is 0 Å². The SMILES string of the molecule is COCCN(CCBr)C(=O)c1ccccc1OC(F)F. The van der Waals surface area contributed by atoms with Gasteiger partial charge in [0.2, 0.25) is 0 Å². The van der Waals surface area contributed by atoms with Gasteiger partial charge in [-0.15, -0.1) is 0 Å². The number of amides is 1. The van der Waals surface area contributed by atoms with Gasteiger partial charge < -0.3 is 14.4 Å². The van der Waals surface area contributed by atoms with E-state index >= 15 is 0 Å². The second kappa shape index (κ2) is 8.86. The maximum Gasteiger partial charge on any atom is 0.387 e. The Morgan fingerprint density at radius 3 is 2.65 bits per heavy atom. The van der Waals surface area contributed by atoms with E-state index < -0.39 is 6.61 Å². The van der Waals surface area contributed by atoms with Crippen LogP contribution in [-0.4, -0.2) is 49.6 Å². The molecule has 7 heteroatoms. The fourth-order valence-corrected chi connectivity index (χ4v) is 2.06. The maximum absolute atomic E-state index is 12.4. The standard InChI is InChI=1S/C13H16BrF2NO3/c1-19-9-8-17(7-6-14)12(18)10-4-2-3-5-11(10)20-13(15)16/h2-5,13H,6-9H2,1H3. The zero-order valence-electron chi connectivity index (χ0n) is 11.0. The molecule has 20 heavy (non-hydrogen) atoms. The number of alkyl halides is 3. The molecular weight excluding hydrogens is 336 g/mol. The molecule has 0 aliphatic heterocycles. The van der Waals surface area contributed by atoms with Crippen molar-refractivity contribution in [2.24, 2.45) is 0 Å². The minimum absolute atomic E-state index is 0.116. The Hall–Kier alpha value is -1.21. The second-order valence-electron chi connectivity index (χ2n) is 3.85. The van der Waals surface area contributed by atoms with Gasteiger partial charge in [-0.2, -0.15) is 8.78 Å². The van der Waals surface area contributed by atoms with Crippen LogP contribution in [0.4, 0.5) is 8.78 Å². The topological polar surface area (TPSA) is 38.8 Å². The fourth-order valence-electron chi connectivity index (χ4n) is 1.63. The van der Waals surface area contributed by atoms with E-state index in [9.17, 15) is 13.6 Å². The van der Waals surface area contributed by atoms with Crippen LogP contribution in [-0.2, 0) is 4.74 Å². The van der Waals surface area contributed by atoms with Crippen molar-refractivity contribution < 1.29 is 23.0 Å². The Labute approximate surface area is 124 Å². The van der Waals surface area contributed by atoms with Crippen molar-refractivity contribution in [1.82, 2.24) is 4.90 Å². The quantitative estimate of drug-likeness (QED) is 0.676. The average Bonchev–Trinajstić information content (AvgIpc) is 2.42. The molecule has 0 N–H and O–H groups in total. The minimum atomic E-state index is -2.97. The third-order valence-electron chi connectivity index (χ3n) is 2.54. The van der Waals surface area contributed by atoms with E-state index in [1.807, 2.05) is 0 Å². The number of nitrogens with zero attached hydrogens (tertiary/aromatic N) is 1. The normalized spacial score (nSPS) is 10.7. The summed E-state index contributed by atoms with van der Waals surface area (Å²) in [4.78, 5) is 13.9. The predicted molar refractivity (Wildman–Crippen MR) is 74.6 cm³/mol. The minimum Gasteiger partial charge on any atom is -0.434 e. The van der Waals surface area contributed by atoms with Gasteiger partial charge >= 0.3 is 6.61 Å².